The highest BCUT2D eigenvalue weighted by Crippen LogP contribution is 2.10. The molecule has 2 aromatic rings. The lowest BCUT2D eigenvalue weighted by Gasteiger charge is -1.98. The first-order valence-corrected chi connectivity index (χ1v) is 4.51. The summed E-state index contributed by atoms with van der Waals surface area (Å²) in [5.74, 6) is 0.418. The van der Waals surface area contributed by atoms with Crippen molar-refractivity contribution in [3.05, 3.63) is 54.6 Å². The zero-order valence-corrected chi connectivity index (χ0v) is 8.04. The second kappa shape index (κ2) is 4.32. The predicted octanol–water partition coefficient (Wildman–Crippen LogP) is 1.51. The van der Waals surface area contributed by atoms with Gasteiger partial charge in [0.1, 0.15) is 12.2 Å². The van der Waals surface area contributed by atoms with Crippen LogP contribution in [0.3, 0.4) is 0 Å². The van der Waals surface area contributed by atoms with E-state index in [1.54, 1.807) is 12.4 Å². The molecule has 0 atom stereocenters. The van der Waals surface area contributed by atoms with Crippen LogP contribution >= 0.6 is 0 Å². The number of amidine groups is 1. The van der Waals surface area contributed by atoms with E-state index in [2.05, 4.69) is 15.0 Å². The molecule has 0 spiro atoms. The zero-order chi connectivity index (χ0) is 10.5. The van der Waals surface area contributed by atoms with Crippen LogP contribution in [0.25, 0.3) is 0 Å². The average molecular weight is 198 g/mol. The minimum Gasteiger partial charge on any atom is -0.383 e. The van der Waals surface area contributed by atoms with E-state index in [4.69, 9.17) is 5.73 Å². The Morgan fingerprint density at radius 2 is 1.73 bits per heavy atom. The molecule has 0 saturated carbocycles. The number of hydrogen-bond acceptors (Lipinski definition) is 3. The maximum absolute atomic E-state index is 5.80. The fraction of sp³-hybridized carbons (Fsp3) is 0. The highest BCUT2D eigenvalue weighted by molar-refractivity contribution is 5.98. The van der Waals surface area contributed by atoms with Gasteiger partial charge in [0.25, 0.3) is 0 Å². The van der Waals surface area contributed by atoms with Crippen molar-refractivity contribution in [2.24, 2.45) is 10.7 Å². The van der Waals surface area contributed by atoms with Gasteiger partial charge in [0.2, 0.25) is 0 Å². The molecule has 0 aliphatic rings. The molecule has 74 valence electrons. The van der Waals surface area contributed by atoms with Gasteiger partial charge in [-0.2, -0.15) is 0 Å². The first-order valence-electron chi connectivity index (χ1n) is 4.51. The molecule has 0 fully saturated rings. The van der Waals surface area contributed by atoms with Crippen LogP contribution in [0.1, 0.15) is 5.56 Å². The molecule has 4 nitrogen and oxygen atoms in total. The molecule has 2 N–H and O–H groups in total. The van der Waals surface area contributed by atoms with Gasteiger partial charge in [0.05, 0.1) is 11.3 Å². The molecule has 0 radical (unpaired) electrons. The Kier molecular flexibility index (Phi) is 2.69. The third kappa shape index (κ3) is 2.37. The van der Waals surface area contributed by atoms with Crippen LogP contribution in [0.15, 0.2) is 54.0 Å². The highest BCUT2D eigenvalue weighted by atomic mass is 14.9. The summed E-state index contributed by atoms with van der Waals surface area (Å²) in [6.07, 6.45) is 4.73. The molecule has 2 rings (SSSR count). The van der Waals surface area contributed by atoms with Crippen LogP contribution in [0, 0.1) is 0 Å². The lowest BCUT2D eigenvalue weighted by atomic mass is 10.3. The first kappa shape index (κ1) is 9.33. The van der Waals surface area contributed by atoms with Crippen LogP contribution in [-0.2, 0) is 0 Å². The van der Waals surface area contributed by atoms with Crippen molar-refractivity contribution in [3.8, 4) is 0 Å². The van der Waals surface area contributed by atoms with Crippen molar-refractivity contribution < 1.29 is 0 Å². The Hall–Kier alpha value is -2.23. The number of aliphatic imine (C=N–C) groups is 1. The molecule has 0 amide bonds. The van der Waals surface area contributed by atoms with Crippen LogP contribution in [0.4, 0.5) is 5.69 Å². The summed E-state index contributed by atoms with van der Waals surface area (Å²) < 4.78 is 0. The molecule has 0 aliphatic carbocycles. The summed E-state index contributed by atoms with van der Waals surface area (Å²) in [5.41, 5.74) is 7.34. The number of nitrogens with two attached hydrogens (primary N) is 1. The molecule has 1 heterocycles. The molecule has 1 aromatic carbocycles. The first-order chi connectivity index (χ1) is 7.36. The van der Waals surface area contributed by atoms with Crippen LogP contribution in [0.2, 0.25) is 0 Å². The Labute approximate surface area is 87.5 Å². The fourth-order valence-electron chi connectivity index (χ4n) is 1.14. The monoisotopic (exact) mass is 198 g/mol. The van der Waals surface area contributed by atoms with Gasteiger partial charge in [0.15, 0.2) is 0 Å². The smallest absolute Gasteiger partial charge is 0.134 e. The van der Waals surface area contributed by atoms with Crippen LogP contribution in [0.5, 0.6) is 0 Å². The van der Waals surface area contributed by atoms with Gasteiger partial charge in [-0.05, 0) is 12.1 Å². The molecule has 0 bridgehead atoms. The normalized spacial score (nSPS) is 11.3. The fourth-order valence-corrected chi connectivity index (χ4v) is 1.14. The highest BCUT2D eigenvalue weighted by Gasteiger charge is 1.97. The lowest BCUT2D eigenvalue weighted by Crippen LogP contribution is -2.13. The molecule has 0 saturated heterocycles. The van der Waals surface area contributed by atoms with Crippen molar-refractivity contribution in [1.82, 2.24) is 9.97 Å². The van der Waals surface area contributed by atoms with E-state index >= 15 is 0 Å². The third-order valence-corrected chi connectivity index (χ3v) is 1.86. The Bertz CT molecular complexity index is 451. The Balaban J connectivity index is 2.29. The molecule has 1 aromatic heterocycles. The van der Waals surface area contributed by atoms with Gasteiger partial charge in [-0.3, -0.25) is 0 Å². The van der Waals surface area contributed by atoms with Crippen LogP contribution < -0.4 is 5.73 Å². The molecule has 0 aliphatic heterocycles. The van der Waals surface area contributed by atoms with E-state index in [1.165, 1.54) is 6.33 Å². The van der Waals surface area contributed by atoms with Crippen molar-refractivity contribution in [2.45, 2.75) is 0 Å². The van der Waals surface area contributed by atoms with Crippen molar-refractivity contribution in [1.29, 1.82) is 0 Å². The molecular weight excluding hydrogens is 188 g/mol. The summed E-state index contributed by atoms with van der Waals surface area (Å²) in [7, 11) is 0. The molecule has 15 heavy (non-hydrogen) atoms. The van der Waals surface area contributed by atoms with Gasteiger partial charge in [0, 0.05) is 12.4 Å². The average Bonchev–Trinajstić information content (AvgIpc) is 2.31. The molecule has 4 heteroatoms. The number of aromatic nitrogens is 2. The number of para-hydroxylation sites is 1. The van der Waals surface area contributed by atoms with Gasteiger partial charge >= 0.3 is 0 Å². The van der Waals surface area contributed by atoms with E-state index in [0.29, 0.717) is 5.84 Å². The largest absolute Gasteiger partial charge is 0.383 e. The molecular formula is C11H10N4. The second-order valence-corrected chi connectivity index (χ2v) is 2.96. The number of rotatable bonds is 2. The number of nitrogens with zero attached hydrogens (tertiary/aromatic N) is 3. The second-order valence-electron chi connectivity index (χ2n) is 2.96. The Morgan fingerprint density at radius 3 is 2.40 bits per heavy atom. The lowest BCUT2D eigenvalue weighted by molar-refractivity contribution is 1.15. The quantitative estimate of drug-likeness (QED) is 0.587. The van der Waals surface area contributed by atoms with Gasteiger partial charge in [-0.15, -0.1) is 0 Å². The summed E-state index contributed by atoms with van der Waals surface area (Å²) in [4.78, 5) is 12.0. The maximum atomic E-state index is 5.80. The number of hydrogen-bond donors (Lipinski definition) is 1. The van der Waals surface area contributed by atoms with Gasteiger partial charge < -0.3 is 5.73 Å². The zero-order valence-electron chi connectivity index (χ0n) is 8.04. The summed E-state index contributed by atoms with van der Waals surface area (Å²) in [5, 5.41) is 0. The summed E-state index contributed by atoms with van der Waals surface area (Å²) in [6, 6.07) is 9.52. The van der Waals surface area contributed by atoms with Gasteiger partial charge in [-0.1, -0.05) is 18.2 Å². The van der Waals surface area contributed by atoms with E-state index in [1.807, 2.05) is 30.3 Å². The van der Waals surface area contributed by atoms with E-state index in [9.17, 15) is 0 Å². The standard InChI is InChI=1S/C11H10N4/c12-11(9-6-13-8-14-7-9)15-10-4-2-1-3-5-10/h1-8H,(H2,12,15). The van der Waals surface area contributed by atoms with E-state index in [-0.39, 0.29) is 0 Å². The minimum absolute atomic E-state index is 0.418. The molecule has 0 unspecified atom stereocenters. The topological polar surface area (TPSA) is 64.2 Å². The van der Waals surface area contributed by atoms with Crippen molar-refractivity contribution >= 4 is 11.5 Å². The van der Waals surface area contributed by atoms with Crippen molar-refractivity contribution in [3.63, 3.8) is 0 Å². The SMILES string of the molecule is NC(=Nc1ccccc1)c1cncnc1. The summed E-state index contributed by atoms with van der Waals surface area (Å²) in [6.45, 7) is 0. The predicted molar refractivity (Wildman–Crippen MR) is 58.9 cm³/mol. The van der Waals surface area contributed by atoms with Crippen molar-refractivity contribution in [2.75, 3.05) is 0 Å². The van der Waals surface area contributed by atoms with E-state index < -0.39 is 0 Å². The number of benzene rings is 1. The van der Waals surface area contributed by atoms with Gasteiger partial charge in [-0.25, -0.2) is 15.0 Å². The summed E-state index contributed by atoms with van der Waals surface area (Å²) >= 11 is 0. The Morgan fingerprint density at radius 1 is 1.07 bits per heavy atom. The minimum atomic E-state index is 0.418. The van der Waals surface area contributed by atoms with Crippen LogP contribution in [-0.4, -0.2) is 15.8 Å². The van der Waals surface area contributed by atoms with E-state index in [0.717, 1.165) is 11.3 Å². The maximum Gasteiger partial charge on any atom is 0.134 e. The third-order valence-electron chi connectivity index (χ3n) is 1.86.